The third-order valence-electron chi connectivity index (χ3n) is 3.89. The molecule has 0 aromatic heterocycles. The lowest BCUT2D eigenvalue weighted by atomic mass is 10.0. The Balaban J connectivity index is 1.82. The number of β-amino-alcohol motifs (C(OH)–C–C–N with tert-alkyl or cyclic N) is 1. The van der Waals surface area contributed by atoms with Crippen LogP contribution in [0.4, 0.5) is 0 Å². The molecule has 112 valence electrons. The lowest BCUT2D eigenvalue weighted by molar-refractivity contribution is 0.0613. The molecule has 0 bridgehead atoms. The number of rotatable bonds is 6. The highest BCUT2D eigenvalue weighted by Crippen LogP contribution is 2.25. The van der Waals surface area contributed by atoms with E-state index in [1.54, 1.807) is 0 Å². The van der Waals surface area contributed by atoms with Crippen LogP contribution in [0, 0.1) is 0 Å². The van der Waals surface area contributed by atoms with Crippen LogP contribution in [0.25, 0.3) is 0 Å². The molecule has 2 rings (SSSR count). The van der Waals surface area contributed by atoms with E-state index >= 15 is 0 Å². The Morgan fingerprint density at radius 1 is 1.15 bits per heavy atom. The average Bonchev–Trinajstić information content (AvgIpc) is 2.46. The third kappa shape index (κ3) is 4.50. The Morgan fingerprint density at radius 2 is 1.85 bits per heavy atom. The van der Waals surface area contributed by atoms with Crippen LogP contribution in [-0.4, -0.2) is 42.4 Å². The number of ether oxygens (including phenoxy) is 1. The van der Waals surface area contributed by atoms with Crippen LogP contribution in [0.2, 0.25) is 0 Å². The topological polar surface area (TPSA) is 32.7 Å². The van der Waals surface area contributed by atoms with Crippen molar-refractivity contribution in [1.29, 1.82) is 0 Å². The fraction of sp³-hybridized carbons (Fsp3) is 0.647. The van der Waals surface area contributed by atoms with Gasteiger partial charge in [0.1, 0.15) is 18.5 Å². The van der Waals surface area contributed by atoms with Crippen molar-refractivity contribution in [3.63, 3.8) is 0 Å². The largest absolute Gasteiger partial charge is 0.491 e. The van der Waals surface area contributed by atoms with Gasteiger partial charge in [-0.05, 0) is 43.5 Å². The number of likely N-dealkylation sites (tertiary alicyclic amines) is 1. The molecule has 3 heteroatoms. The first-order chi connectivity index (χ1) is 9.66. The summed E-state index contributed by atoms with van der Waals surface area (Å²) in [6.45, 7) is 7.64. The molecule has 1 atom stereocenters. The van der Waals surface area contributed by atoms with E-state index in [1.807, 2.05) is 18.2 Å². The summed E-state index contributed by atoms with van der Waals surface area (Å²) in [5.74, 6) is 1.34. The van der Waals surface area contributed by atoms with E-state index in [9.17, 15) is 5.11 Å². The van der Waals surface area contributed by atoms with Crippen molar-refractivity contribution in [1.82, 2.24) is 4.90 Å². The van der Waals surface area contributed by atoms with Crippen molar-refractivity contribution >= 4 is 0 Å². The van der Waals surface area contributed by atoms with Crippen molar-refractivity contribution in [2.24, 2.45) is 0 Å². The molecule has 0 unspecified atom stereocenters. The van der Waals surface area contributed by atoms with E-state index in [-0.39, 0.29) is 0 Å². The Morgan fingerprint density at radius 3 is 2.55 bits per heavy atom. The van der Waals surface area contributed by atoms with E-state index in [0.717, 1.165) is 25.4 Å². The molecule has 1 aliphatic heterocycles. The van der Waals surface area contributed by atoms with Gasteiger partial charge in [-0.15, -0.1) is 0 Å². The van der Waals surface area contributed by atoms with E-state index < -0.39 is 6.10 Å². The number of hydrogen-bond donors (Lipinski definition) is 1. The lowest BCUT2D eigenvalue weighted by Crippen LogP contribution is -2.38. The molecule has 1 heterocycles. The smallest absolute Gasteiger partial charge is 0.122 e. The van der Waals surface area contributed by atoms with Crippen LogP contribution < -0.4 is 4.74 Å². The maximum absolute atomic E-state index is 10.1. The number of benzene rings is 1. The first kappa shape index (κ1) is 15.3. The van der Waals surface area contributed by atoms with Crippen LogP contribution >= 0.6 is 0 Å². The molecule has 0 radical (unpaired) electrons. The Labute approximate surface area is 122 Å². The summed E-state index contributed by atoms with van der Waals surface area (Å²) in [7, 11) is 0. The standard InChI is InChI=1S/C17H27NO2/c1-14(2)16-8-4-5-9-17(16)20-13-15(19)12-18-10-6-3-7-11-18/h4-5,8-9,14-15,19H,3,6-7,10-13H2,1-2H3/t15-/m1/s1. The second-order valence-electron chi connectivity index (χ2n) is 6.02. The van der Waals surface area contributed by atoms with Gasteiger partial charge < -0.3 is 14.7 Å². The molecule has 20 heavy (non-hydrogen) atoms. The molecule has 1 N–H and O–H groups in total. The molecule has 1 aromatic carbocycles. The van der Waals surface area contributed by atoms with E-state index in [0.29, 0.717) is 12.5 Å². The highest BCUT2D eigenvalue weighted by molar-refractivity contribution is 5.35. The Bertz CT molecular complexity index is 400. The molecule has 0 saturated carbocycles. The average molecular weight is 277 g/mol. The zero-order chi connectivity index (χ0) is 14.4. The predicted molar refractivity (Wildman–Crippen MR) is 82.3 cm³/mol. The first-order valence-corrected chi connectivity index (χ1v) is 7.79. The minimum atomic E-state index is -0.409. The number of para-hydroxylation sites is 1. The molecule has 1 aromatic rings. The summed E-state index contributed by atoms with van der Waals surface area (Å²) >= 11 is 0. The van der Waals surface area contributed by atoms with E-state index in [2.05, 4.69) is 24.8 Å². The minimum Gasteiger partial charge on any atom is -0.491 e. The van der Waals surface area contributed by atoms with Gasteiger partial charge in [-0.25, -0.2) is 0 Å². The summed E-state index contributed by atoms with van der Waals surface area (Å²) < 4.78 is 5.83. The second kappa shape index (κ2) is 7.65. The van der Waals surface area contributed by atoms with Crippen LogP contribution in [0.1, 0.15) is 44.6 Å². The molecule has 1 saturated heterocycles. The molecule has 0 amide bonds. The van der Waals surface area contributed by atoms with Crippen molar-refractivity contribution in [3.8, 4) is 5.75 Å². The van der Waals surface area contributed by atoms with Gasteiger partial charge in [0.2, 0.25) is 0 Å². The summed E-state index contributed by atoms with van der Waals surface area (Å²) in [5, 5.41) is 10.1. The number of nitrogens with zero attached hydrogens (tertiary/aromatic N) is 1. The van der Waals surface area contributed by atoms with Crippen LogP contribution in [0.3, 0.4) is 0 Å². The minimum absolute atomic E-state index is 0.375. The second-order valence-corrected chi connectivity index (χ2v) is 6.02. The summed E-state index contributed by atoms with van der Waals surface area (Å²) in [5.41, 5.74) is 1.21. The highest BCUT2D eigenvalue weighted by Gasteiger charge is 2.15. The summed E-state index contributed by atoms with van der Waals surface area (Å²) in [4.78, 5) is 2.34. The molecular formula is C17H27NO2. The van der Waals surface area contributed by atoms with Crippen molar-refractivity contribution < 1.29 is 9.84 Å². The van der Waals surface area contributed by atoms with Gasteiger partial charge in [-0.3, -0.25) is 0 Å². The van der Waals surface area contributed by atoms with Crippen molar-refractivity contribution in [2.45, 2.75) is 45.1 Å². The van der Waals surface area contributed by atoms with Crippen LogP contribution in [0.15, 0.2) is 24.3 Å². The van der Waals surface area contributed by atoms with E-state index in [4.69, 9.17) is 4.74 Å². The van der Waals surface area contributed by atoms with Gasteiger partial charge in [0.25, 0.3) is 0 Å². The summed E-state index contributed by atoms with van der Waals surface area (Å²) in [6, 6.07) is 8.10. The first-order valence-electron chi connectivity index (χ1n) is 7.79. The van der Waals surface area contributed by atoms with Crippen LogP contribution in [-0.2, 0) is 0 Å². The molecule has 1 fully saturated rings. The molecule has 0 spiro atoms. The van der Waals surface area contributed by atoms with Gasteiger partial charge in [-0.1, -0.05) is 38.5 Å². The maximum atomic E-state index is 10.1. The maximum Gasteiger partial charge on any atom is 0.122 e. The van der Waals surface area contributed by atoms with Crippen molar-refractivity contribution in [2.75, 3.05) is 26.2 Å². The monoisotopic (exact) mass is 277 g/mol. The normalized spacial score (nSPS) is 18.2. The third-order valence-corrected chi connectivity index (χ3v) is 3.89. The van der Waals surface area contributed by atoms with Gasteiger partial charge in [0, 0.05) is 6.54 Å². The lowest BCUT2D eigenvalue weighted by Gasteiger charge is -2.28. The fourth-order valence-electron chi connectivity index (χ4n) is 2.77. The van der Waals surface area contributed by atoms with Gasteiger partial charge in [-0.2, -0.15) is 0 Å². The number of hydrogen-bond acceptors (Lipinski definition) is 3. The van der Waals surface area contributed by atoms with Gasteiger partial charge >= 0.3 is 0 Å². The molecule has 3 nitrogen and oxygen atoms in total. The zero-order valence-electron chi connectivity index (χ0n) is 12.7. The number of aliphatic hydroxyl groups excluding tert-OH is 1. The fourth-order valence-corrected chi connectivity index (χ4v) is 2.77. The predicted octanol–water partition coefficient (Wildman–Crippen LogP) is 3.04. The Hall–Kier alpha value is -1.06. The SMILES string of the molecule is CC(C)c1ccccc1OC[C@H](O)CN1CCCCC1. The van der Waals surface area contributed by atoms with Gasteiger partial charge in [0.15, 0.2) is 0 Å². The molecule has 1 aliphatic rings. The molecule has 0 aliphatic carbocycles. The Kier molecular flexibility index (Phi) is 5.86. The van der Waals surface area contributed by atoms with E-state index in [1.165, 1.54) is 24.8 Å². The van der Waals surface area contributed by atoms with Crippen molar-refractivity contribution in [3.05, 3.63) is 29.8 Å². The number of aliphatic hydroxyl groups is 1. The quantitative estimate of drug-likeness (QED) is 0.867. The van der Waals surface area contributed by atoms with Crippen LogP contribution in [0.5, 0.6) is 5.75 Å². The zero-order valence-corrected chi connectivity index (χ0v) is 12.7. The molecular weight excluding hydrogens is 250 g/mol. The number of piperidine rings is 1. The van der Waals surface area contributed by atoms with Gasteiger partial charge in [0.05, 0.1) is 0 Å². The highest BCUT2D eigenvalue weighted by atomic mass is 16.5. The summed E-state index contributed by atoms with van der Waals surface area (Å²) in [6.07, 6.45) is 3.42.